The third-order valence-corrected chi connectivity index (χ3v) is 5.88. The molecule has 0 aliphatic heterocycles. The molecule has 2 atom stereocenters. The highest BCUT2D eigenvalue weighted by molar-refractivity contribution is 6.30. The van der Waals surface area contributed by atoms with Crippen LogP contribution in [0.1, 0.15) is 39.4 Å². The fraction of sp³-hybridized carbons (Fsp3) is 0.154. The fourth-order valence-electron chi connectivity index (χ4n) is 3.82. The highest BCUT2D eigenvalue weighted by Crippen LogP contribution is 2.49. The Labute approximate surface area is 186 Å². The van der Waals surface area contributed by atoms with Crippen molar-refractivity contribution in [2.75, 3.05) is 4.90 Å². The van der Waals surface area contributed by atoms with E-state index < -0.39 is 5.97 Å². The van der Waals surface area contributed by atoms with Crippen LogP contribution in [0.4, 0.5) is 5.69 Å². The van der Waals surface area contributed by atoms with Crippen LogP contribution in [0, 0.1) is 5.92 Å². The lowest BCUT2D eigenvalue weighted by Gasteiger charge is -2.24. The van der Waals surface area contributed by atoms with E-state index in [1.807, 2.05) is 30.3 Å². The summed E-state index contributed by atoms with van der Waals surface area (Å²) in [5.41, 5.74) is 3.90. The van der Waals surface area contributed by atoms with Crippen molar-refractivity contribution in [2.45, 2.75) is 18.9 Å². The van der Waals surface area contributed by atoms with Gasteiger partial charge in [0.25, 0.3) is 0 Å². The van der Waals surface area contributed by atoms with Gasteiger partial charge in [0.1, 0.15) is 0 Å². The fourth-order valence-corrected chi connectivity index (χ4v) is 3.94. The smallest absolute Gasteiger partial charge is 0.335 e. The Bertz CT molecular complexity index is 1120. The van der Waals surface area contributed by atoms with Crippen LogP contribution < -0.4 is 4.90 Å². The van der Waals surface area contributed by atoms with Crippen molar-refractivity contribution in [1.29, 1.82) is 0 Å². The number of nitrogens with zero attached hydrogens (tertiary/aromatic N) is 1. The summed E-state index contributed by atoms with van der Waals surface area (Å²) < 4.78 is 0. The van der Waals surface area contributed by atoms with Gasteiger partial charge in [-0.15, -0.1) is 0 Å². The highest BCUT2D eigenvalue weighted by atomic mass is 35.5. The van der Waals surface area contributed by atoms with E-state index in [0.29, 0.717) is 11.6 Å². The van der Waals surface area contributed by atoms with Gasteiger partial charge >= 0.3 is 5.97 Å². The van der Waals surface area contributed by atoms with Crippen molar-refractivity contribution in [3.63, 3.8) is 0 Å². The summed E-state index contributed by atoms with van der Waals surface area (Å²) in [6, 6.07) is 22.0. The SMILES string of the molecule is C=Cc1ccc([C@@H]2C[C@H]2C(=O)N(Cc2cccc(C(=O)O)c2)c2ccc(Cl)cc2)cc1. The van der Waals surface area contributed by atoms with Crippen LogP contribution in [-0.2, 0) is 11.3 Å². The van der Waals surface area contributed by atoms with Gasteiger partial charge in [0.05, 0.1) is 12.1 Å². The summed E-state index contributed by atoms with van der Waals surface area (Å²) >= 11 is 6.04. The second kappa shape index (κ2) is 8.78. The van der Waals surface area contributed by atoms with Crippen LogP contribution >= 0.6 is 11.6 Å². The van der Waals surface area contributed by atoms with E-state index in [2.05, 4.69) is 18.7 Å². The van der Waals surface area contributed by atoms with E-state index in [9.17, 15) is 14.7 Å². The lowest BCUT2D eigenvalue weighted by Crippen LogP contribution is -2.32. The highest BCUT2D eigenvalue weighted by Gasteiger charge is 2.46. The predicted molar refractivity (Wildman–Crippen MR) is 123 cm³/mol. The van der Waals surface area contributed by atoms with Gasteiger partial charge in [0, 0.05) is 16.6 Å². The van der Waals surface area contributed by atoms with Crippen molar-refractivity contribution in [2.24, 2.45) is 5.92 Å². The molecule has 1 fully saturated rings. The third-order valence-electron chi connectivity index (χ3n) is 5.63. The van der Waals surface area contributed by atoms with Crippen molar-refractivity contribution >= 4 is 35.2 Å². The van der Waals surface area contributed by atoms with E-state index in [-0.39, 0.29) is 23.3 Å². The Morgan fingerprint density at radius 3 is 2.42 bits per heavy atom. The van der Waals surface area contributed by atoms with Crippen molar-refractivity contribution in [3.8, 4) is 0 Å². The molecule has 3 aromatic rings. The number of aromatic carboxylic acids is 1. The number of hydrogen-bond acceptors (Lipinski definition) is 2. The summed E-state index contributed by atoms with van der Waals surface area (Å²) in [7, 11) is 0. The van der Waals surface area contributed by atoms with Crippen LogP contribution in [0.5, 0.6) is 0 Å². The monoisotopic (exact) mass is 431 g/mol. The normalized spacial score (nSPS) is 17.1. The Morgan fingerprint density at radius 1 is 1.06 bits per heavy atom. The molecule has 31 heavy (non-hydrogen) atoms. The molecule has 1 aliphatic rings. The molecule has 0 heterocycles. The van der Waals surface area contributed by atoms with Crippen LogP contribution in [0.15, 0.2) is 79.4 Å². The lowest BCUT2D eigenvalue weighted by molar-refractivity contribution is -0.120. The Kier molecular flexibility index (Phi) is 5.92. The standard InChI is InChI=1S/C26H22ClNO3/c1-2-17-6-8-19(9-7-17)23-15-24(23)25(29)28(22-12-10-21(27)11-13-22)16-18-4-3-5-20(14-18)26(30)31/h2-14,23-24H,1,15-16H2,(H,30,31)/t23-,24+/m0/s1. The van der Waals surface area contributed by atoms with E-state index in [4.69, 9.17) is 11.6 Å². The number of carboxylic acid groups (broad SMARTS) is 1. The molecule has 0 unspecified atom stereocenters. The molecule has 4 nitrogen and oxygen atoms in total. The molecule has 0 saturated heterocycles. The first-order valence-electron chi connectivity index (χ1n) is 10.1. The molecule has 4 rings (SSSR count). The van der Waals surface area contributed by atoms with Gasteiger partial charge in [0.15, 0.2) is 0 Å². The lowest BCUT2D eigenvalue weighted by atomic mass is 10.1. The van der Waals surface area contributed by atoms with Gasteiger partial charge < -0.3 is 10.0 Å². The molecule has 0 radical (unpaired) electrons. The van der Waals surface area contributed by atoms with Crippen molar-refractivity contribution < 1.29 is 14.7 Å². The minimum atomic E-state index is -0.989. The molecule has 0 aromatic heterocycles. The zero-order chi connectivity index (χ0) is 22.0. The van der Waals surface area contributed by atoms with Gasteiger partial charge in [-0.25, -0.2) is 4.79 Å². The number of carbonyl (C=O) groups excluding carboxylic acids is 1. The van der Waals surface area contributed by atoms with Crippen molar-refractivity contribution in [3.05, 3.63) is 107 Å². The molecule has 1 aliphatic carbocycles. The topological polar surface area (TPSA) is 57.6 Å². The third kappa shape index (κ3) is 4.70. The number of anilines is 1. The molecule has 1 amide bonds. The molecular weight excluding hydrogens is 410 g/mol. The summed E-state index contributed by atoms with van der Waals surface area (Å²) in [6.45, 7) is 4.07. The molecule has 156 valence electrons. The van der Waals surface area contributed by atoms with E-state index in [0.717, 1.165) is 28.8 Å². The number of halogens is 1. The van der Waals surface area contributed by atoms with Gasteiger partial charge in [-0.3, -0.25) is 4.79 Å². The number of amides is 1. The Morgan fingerprint density at radius 2 is 1.77 bits per heavy atom. The number of rotatable bonds is 7. The van der Waals surface area contributed by atoms with Crippen molar-refractivity contribution in [1.82, 2.24) is 0 Å². The maximum absolute atomic E-state index is 13.5. The first-order valence-corrected chi connectivity index (χ1v) is 10.5. The number of carboxylic acids is 1. The van der Waals surface area contributed by atoms with E-state index in [1.165, 1.54) is 0 Å². The molecule has 0 bridgehead atoms. The van der Waals surface area contributed by atoms with E-state index in [1.54, 1.807) is 41.3 Å². The summed E-state index contributed by atoms with van der Waals surface area (Å²) in [4.78, 5) is 26.5. The van der Waals surface area contributed by atoms with Gasteiger partial charge in [0.2, 0.25) is 5.91 Å². The molecule has 5 heteroatoms. The van der Waals surface area contributed by atoms with Gasteiger partial charge in [-0.05, 0) is 65.4 Å². The number of hydrogen-bond donors (Lipinski definition) is 1. The maximum Gasteiger partial charge on any atom is 0.335 e. The first kappa shape index (κ1) is 20.9. The van der Waals surface area contributed by atoms with Gasteiger partial charge in [-0.1, -0.05) is 60.7 Å². The van der Waals surface area contributed by atoms with Gasteiger partial charge in [-0.2, -0.15) is 0 Å². The van der Waals surface area contributed by atoms with E-state index >= 15 is 0 Å². The molecule has 3 aromatic carbocycles. The number of carbonyl (C=O) groups is 2. The minimum Gasteiger partial charge on any atom is -0.478 e. The molecule has 1 saturated carbocycles. The van der Waals surface area contributed by atoms with Crippen LogP contribution in [-0.4, -0.2) is 17.0 Å². The average molecular weight is 432 g/mol. The zero-order valence-corrected chi connectivity index (χ0v) is 17.6. The largest absolute Gasteiger partial charge is 0.478 e. The van der Waals surface area contributed by atoms with Crippen LogP contribution in [0.2, 0.25) is 5.02 Å². The second-order valence-corrected chi connectivity index (χ2v) is 8.16. The summed E-state index contributed by atoms with van der Waals surface area (Å²) in [6.07, 6.45) is 2.60. The molecule has 0 spiro atoms. The summed E-state index contributed by atoms with van der Waals surface area (Å²) in [5.74, 6) is -0.878. The first-order chi connectivity index (χ1) is 15.0. The average Bonchev–Trinajstić information content (AvgIpc) is 3.59. The maximum atomic E-state index is 13.5. The predicted octanol–water partition coefficient (Wildman–Crippen LogP) is 6.02. The molecule has 1 N–H and O–H groups in total. The molecular formula is C26H22ClNO3. The zero-order valence-electron chi connectivity index (χ0n) is 16.9. The Hall–Kier alpha value is -3.37. The minimum absolute atomic E-state index is 0.0286. The quantitative estimate of drug-likeness (QED) is 0.497. The second-order valence-electron chi connectivity index (χ2n) is 7.73. The Balaban J connectivity index is 1.59. The van der Waals surface area contributed by atoms with Crippen LogP contribution in [0.25, 0.3) is 6.08 Å². The van der Waals surface area contributed by atoms with Crippen LogP contribution in [0.3, 0.4) is 0 Å². The number of benzene rings is 3. The summed E-state index contributed by atoms with van der Waals surface area (Å²) in [5, 5.41) is 9.89.